The molecule has 0 amide bonds. The standard InChI is InChI=1S/C25H32F2N6O2/c1-2-34-15-16-6-8-17(9-7-16)29-24-28-14-21-23(32-24)33(18-10-12-35-13-11-18)25(30-21)31-22-19(26)4-3-5-20(22)27/h3-5,14,16-18H,2,6-13,15H2,1H3,(H,30,31)(H,28,29,32). The minimum atomic E-state index is -0.677. The van der Waals surface area contributed by atoms with Crippen molar-refractivity contribution in [3.05, 3.63) is 36.0 Å². The van der Waals surface area contributed by atoms with Crippen LogP contribution in [0.3, 0.4) is 0 Å². The van der Waals surface area contributed by atoms with Crippen molar-refractivity contribution < 1.29 is 18.3 Å². The molecule has 3 heterocycles. The molecule has 1 aliphatic carbocycles. The fourth-order valence-electron chi connectivity index (χ4n) is 5.01. The first-order valence-electron chi connectivity index (χ1n) is 12.5. The molecule has 1 saturated carbocycles. The first-order valence-corrected chi connectivity index (χ1v) is 12.5. The van der Waals surface area contributed by atoms with Crippen molar-refractivity contribution >= 4 is 28.7 Å². The SMILES string of the molecule is CCOCC1CCC(Nc2ncc3nc(Nc4c(F)cccc4F)n(C4CCOCC4)c3n2)CC1. The fourth-order valence-corrected chi connectivity index (χ4v) is 5.01. The molecule has 1 aliphatic heterocycles. The third-order valence-corrected chi connectivity index (χ3v) is 6.93. The summed E-state index contributed by atoms with van der Waals surface area (Å²) >= 11 is 0. The molecule has 1 saturated heterocycles. The highest BCUT2D eigenvalue weighted by Gasteiger charge is 2.26. The number of aromatic nitrogens is 4. The molecular weight excluding hydrogens is 454 g/mol. The van der Waals surface area contributed by atoms with Gasteiger partial charge in [0.05, 0.1) is 6.20 Å². The van der Waals surface area contributed by atoms with E-state index < -0.39 is 11.6 Å². The quantitative estimate of drug-likeness (QED) is 0.452. The number of nitrogens with one attached hydrogen (secondary N) is 2. The number of anilines is 3. The van der Waals surface area contributed by atoms with E-state index in [0.29, 0.717) is 48.2 Å². The summed E-state index contributed by atoms with van der Waals surface area (Å²) in [5, 5.41) is 6.37. The Bertz CT molecular complexity index is 1120. The van der Waals surface area contributed by atoms with Crippen molar-refractivity contribution in [1.29, 1.82) is 0 Å². The van der Waals surface area contributed by atoms with Gasteiger partial charge in [-0.25, -0.2) is 18.7 Å². The van der Waals surface area contributed by atoms with Gasteiger partial charge in [0.25, 0.3) is 0 Å². The number of ether oxygens (including phenoxy) is 2. The Morgan fingerprint density at radius 2 is 1.80 bits per heavy atom. The number of imidazole rings is 1. The average molecular weight is 487 g/mol. The van der Waals surface area contributed by atoms with Crippen LogP contribution in [-0.2, 0) is 9.47 Å². The molecule has 3 aromatic rings. The van der Waals surface area contributed by atoms with Crippen LogP contribution in [0, 0.1) is 17.6 Å². The second kappa shape index (κ2) is 10.8. The molecule has 0 radical (unpaired) electrons. The summed E-state index contributed by atoms with van der Waals surface area (Å²) < 4.78 is 41.8. The van der Waals surface area contributed by atoms with Crippen LogP contribution in [0.1, 0.15) is 51.5 Å². The molecule has 2 fully saturated rings. The Kier molecular flexibility index (Phi) is 7.38. The van der Waals surface area contributed by atoms with Gasteiger partial charge in [-0.15, -0.1) is 0 Å². The molecule has 0 unspecified atom stereocenters. The number of fused-ring (bicyclic) bond motifs is 1. The van der Waals surface area contributed by atoms with Crippen LogP contribution in [0.4, 0.5) is 26.4 Å². The lowest BCUT2D eigenvalue weighted by atomic mass is 9.86. The van der Waals surface area contributed by atoms with Gasteiger partial charge in [-0.3, -0.25) is 4.57 Å². The van der Waals surface area contributed by atoms with E-state index in [-0.39, 0.29) is 11.7 Å². The number of para-hydroxylation sites is 1. The number of halogens is 2. The van der Waals surface area contributed by atoms with E-state index >= 15 is 0 Å². The molecule has 1 aromatic carbocycles. The highest BCUT2D eigenvalue weighted by Crippen LogP contribution is 2.33. The van der Waals surface area contributed by atoms with E-state index in [1.54, 1.807) is 6.20 Å². The van der Waals surface area contributed by atoms with E-state index in [0.717, 1.165) is 51.7 Å². The molecule has 2 N–H and O–H groups in total. The average Bonchev–Trinajstić information content (AvgIpc) is 3.24. The summed E-state index contributed by atoms with van der Waals surface area (Å²) in [7, 11) is 0. The van der Waals surface area contributed by atoms with Crippen LogP contribution in [-0.4, -0.2) is 52.0 Å². The number of benzene rings is 1. The Morgan fingerprint density at radius 1 is 1.06 bits per heavy atom. The number of rotatable bonds is 8. The zero-order valence-electron chi connectivity index (χ0n) is 20.0. The topological polar surface area (TPSA) is 86.1 Å². The molecule has 0 bridgehead atoms. The predicted molar refractivity (Wildman–Crippen MR) is 130 cm³/mol. The smallest absolute Gasteiger partial charge is 0.224 e. The minimum absolute atomic E-state index is 0.0443. The largest absolute Gasteiger partial charge is 0.381 e. The maximum Gasteiger partial charge on any atom is 0.224 e. The predicted octanol–water partition coefficient (Wildman–Crippen LogP) is 5.21. The lowest BCUT2D eigenvalue weighted by Crippen LogP contribution is -2.28. The van der Waals surface area contributed by atoms with Crippen molar-refractivity contribution in [3.63, 3.8) is 0 Å². The van der Waals surface area contributed by atoms with Crippen molar-refractivity contribution in [1.82, 2.24) is 19.5 Å². The van der Waals surface area contributed by atoms with Crippen molar-refractivity contribution in [3.8, 4) is 0 Å². The van der Waals surface area contributed by atoms with Gasteiger partial charge in [0, 0.05) is 38.5 Å². The summed E-state index contributed by atoms with van der Waals surface area (Å²) in [5.41, 5.74) is 0.978. The van der Waals surface area contributed by atoms with Crippen LogP contribution in [0.2, 0.25) is 0 Å². The second-order valence-electron chi connectivity index (χ2n) is 9.29. The monoisotopic (exact) mass is 486 g/mol. The summed E-state index contributed by atoms with van der Waals surface area (Å²) in [5.74, 6) is 0.146. The summed E-state index contributed by atoms with van der Waals surface area (Å²) in [6.07, 6.45) is 7.50. The van der Waals surface area contributed by atoms with Gasteiger partial charge in [0.2, 0.25) is 11.9 Å². The van der Waals surface area contributed by atoms with Gasteiger partial charge >= 0.3 is 0 Å². The molecular formula is C25H32F2N6O2. The molecule has 5 rings (SSSR count). The lowest BCUT2D eigenvalue weighted by molar-refractivity contribution is 0.0710. The third-order valence-electron chi connectivity index (χ3n) is 6.93. The van der Waals surface area contributed by atoms with Gasteiger partial charge in [-0.05, 0) is 63.5 Å². The lowest BCUT2D eigenvalue weighted by Gasteiger charge is -2.29. The zero-order valence-corrected chi connectivity index (χ0v) is 20.0. The van der Waals surface area contributed by atoms with Crippen LogP contribution in [0.15, 0.2) is 24.4 Å². The van der Waals surface area contributed by atoms with Crippen molar-refractivity contribution in [2.24, 2.45) is 5.92 Å². The molecule has 0 atom stereocenters. The van der Waals surface area contributed by atoms with Gasteiger partial charge in [0.1, 0.15) is 22.8 Å². The molecule has 188 valence electrons. The number of hydrogen-bond donors (Lipinski definition) is 2. The van der Waals surface area contributed by atoms with E-state index in [1.165, 1.54) is 18.2 Å². The van der Waals surface area contributed by atoms with E-state index in [2.05, 4.69) is 20.6 Å². The van der Waals surface area contributed by atoms with E-state index in [1.807, 2.05) is 11.5 Å². The first kappa shape index (κ1) is 23.9. The Labute approximate surface area is 203 Å². The second-order valence-corrected chi connectivity index (χ2v) is 9.29. The maximum atomic E-state index is 14.4. The minimum Gasteiger partial charge on any atom is -0.381 e. The molecule has 35 heavy (non-hydrogen) atoms. The Balaban J connectivity index is 1.41. The van der Waals surface area contributed by atoms with Crippen LogP contribution in [0.5, 0.6) is 0 Å². The van der Waals surface area contributed by atoms with Gasteiger partial charge < -0.3 is 20.1 Å². The maximum absolute atomic E-state index is 14.4. The van der Waals surface area contributed by atoms with Gasteiger partial charge in [0.15, 0.2) is 5.65 Å². The van der Waals surface area contributed by atoms with Crippen LogP contribution in [0.25, 0.3) is 11.2 Å². The molecule has 10 heteroatoms. The van der Waals surface area contributed by atoms with E-state index in [9.17, 15) is 8.78 Å². The summed E-state index contributed by atoms with van der Waals surface area (Å²) in [6, 6.07) is 4.12. The zero-order chi connectivity index (χ0) is 24.2. The highest BCUT2D eigenvalue weighted by molar-refractivity contribution is 5.76. The van der Waals surface area contributed by atoms with Crippen LogP contribution < -0.4 is 10.6 Å². The van der Waals surface area contributed by atoms with Crippen molar-refractivity contribution in [2.45, 2.75) is 57.5 Å². The van der Waals surface area contributed by atoms with Gasteiger partial charge in [-0.1, -0.05) is 6.07 Å². The third kappa shape index (κ3) is 5.38. The molecule has 0 spiro atoms. The summed E-state index contributed by atoms with van der Waals surface area (Å²) in [4.78, 5) is 13.9. The van der Waals surface area contributed by atoms with Crippen molar-refractivity contribution in [2.75, 3.05) is 37.1 Å². The van der Waals surface area contributed by atoms with Crippen LogP contribution >= 0.6 is 0 Å². The van der Waals surface area contributed by atoms with Gasteiger partial charge in [-0.2, -0.15) is 4.98 Å². The fraction of sp³-hybridized carbons (Fsp3) is 0.560. The highest BCUT2D eigenvalue weighted by atomic mass is 19.1. The molecule has 8 nitrogen and oxygen atoms in total. The first-order chi connectivity index (χ1) is 17.1. The molecule has 2 aliphatic rings. The Morgan fingerprint density at radius 3 is 2.51 bits per heavy atom. The molecule has 2 aromatic heterocycles. The summed E-state index contributed by atoms with van der Waals surface area (Å²) in [6.45, 7) is 4.83. The van der Waals surface area contributed by atoms with E-state index in [4.69, 9.17) is 14.5 Å². The number of hydrogen-bond acceptors (Lipinski definition) is 7. The Hall–Kier alpha value is -2.85. The normalized spacial score (nSPS) is 21.3. The number of nitrogens with zero attached hydrogens (tertiary/aromatic N) is 4.